The van der Waals surface area contributed by atoms with Gasteiger partial charge in [-0.25, -0.2) is 0 Å². The van der Waals surface area contributed by atoms with E-state index in [-0.39, 0.29) is 11.7 Å². The molecule has 0 aromatic heterocycles. The lowest BCUT2D eigenvalue weighted by molar-refractivity contribution is -0.0199. The van der Waals surface area contributed by atoms with Gasteiger partial charge in [0.2, 0.25) is 0 Å². The van der Waals surface area contributed by atoms with Crippen molar-refractivity contribution < 1.29 is 9.90 Å². The summed E-state index contributed by atoms with van der Waals surface area (Å²) in [5.41, 5.74) is -0.514. The van der Waals surface area contributed by atoms with Crippen LogP contribution in [0.2, 0.25) is 0 Å². The summed E-state index contributed by atoms with van der Waals surface area (Å²) in [5.74, 6) is 0.0516. The first-order valence-electron chi connectivity index (χ1n) is 7.50. The summed E-state index contributed by atoms with van der Waals surface area (Å²) >= 11 is 0. The molecule has 1 atom stereocenters. The monoisotopic (exact) mass is 260 g/mol. The van der Waals surface area contributed by atoms with Crippen molar-refractivity contribution in [3.05, 3.63) is 35.9 Å². The summed E-state index contributed by atoms with van der Waals surface area (Å²) in [6.45, 7) is 2.03. The van der Waals surface area contributed by atoms with Gasteiger partial charge >= 0.3 is 0 Å². The quantitative estimate of drug-likeness (QED) is 0.813. The Hall–Kier alpha value is -1.15. The maximum Gasteiger partial charge on any atom is 0.194 e. The summed E-state index contributed by atoms with van der Waals surface area (Å²) in [6, 6.07) is 9.24. The fourth-order valence-corrected chi connectivity index (χ4v) is 3.30. The highest BCUT2D eigenvalue weighted by Gasteiger charge is 2.43. The Morgan fingerprint density at radius 3 is 2.42 bits per heavy atom. The van der Waals surface area contributed by atoms with E-state index in [4.69, 9.17) is 0 Å². The van der Waals surface area contributed by atoms with Crippen LogP contribution in [0.15, 0.2) is 30.3 Å². The second kappa shape index (κ2) is 6.33. The van der Waals surface area contributed by atoms with Gasteiger partial charge in [-0.05, 0) is 25.2 Å². The lowest BCUT2D eigenvalue weighted by Gasteiger charge is -2.37. The first-order chi connectivity index (χ1) is 9.18. The standard InChI is InChI=1S/C17H24O2/c1-2-13-17(19,15-11-7-4-8-12-15)16(18)14-9-5-3-6-10-14/h3,5-6,9-10,15,19H,2,4,7-8,11-13H2,1H3. The topological polar surface area (TPSA) is 37.3 Å². The fraction of sp³-hybridized carbons (Fsp3) is 0.588. The lowest BCUT2D eigenvalue weighted by Crippen LogP contribution is -2.46. The molecule has 1 aliphatic rings. The SMILES string of the molecule is CCCC(O)(C(=O)c1ccccc1)C1CCCCC1. The molecule has 1 fully saturated rings. The van der Waals surface area contributed by atoms with E-state index in [1.807, 2.05) is 37.3 Å². The molecule has 2 nitrogen and oxygen atoms in total. The van der Waals surface area contributed by atoms with Crippen LogP contribution in [0.3, 0.4) is 0 Å². The third-order valence-electron chi connectivity index (χ3n) is 4.34. The summed E-state index contributed by atoms with van der Waals surface area (Å²) in [4.78, 5) is 12.7. The lowest BCUT2D eigenvalue weighted by atomic mass is 9.71. The number of benzene rings is 1. The van der Waals surface area contributed by atoms with Crippen LogP contribution in [0.5, 0.6) is 0 Å². The molecule has 0 aliphatic heterocycles. The minimum Gasteiger partial charge on any atom is -0.381 e. The van der Waals surface area contributed by atoms with Gasteiger partial charge in [0, 0.05) is 5.56 Å². The molecule has 1 unspecified atom stereocenters. The molecular formula is C17H24O2. The van der Waals surface area contributed by atoms with Crippen molar-refractivity contribution in [3.8, 4) is 0 Å². The van der Waals surface area contributed by atoms with Crippen molar-refractivity contribution >= 4 is 5.78 Å². The Morgan fingerprint density at radius 2 is 1.84 bits per heavy atom. The highest BCUT2D eigenvalue weighted by molar-refractivity contribution is 6.02. The fourth-order valence-electron chi connectivity index (χ4n) is 3.30. The molecule has 104 valence electrons. The Morgan fingerprint density at radius 1 is 1.21 bits per heavy atom. The first-order valence-corrected chi connectivity index (χ1v) is 7.50. The van der Waals surface area contributed by atoms with E-state index >= 15 is 0 Å². The van der Waals surface area contributed by atoms with Crippen molar-refractivity contribution in [2.24, 2.45) is 5.92 Å². The van der Waals surface area contributed by atoms with Gasteiger partial charge in [0.25, 0.3) is 0 Å². The molecule has 1 aromatic carbocycles. The minimum absolute atomic E-state index is 0.0816. The first kappa shape index (κ1) is 14.3. The van der Waals surface area contributed by atoms with Gasteiger partial charge in [0.15, 0.2) is 5.78 Å². The van der Waals surface area contributed by atoms with Crippen LogP contribution in [0.4, 0.5) is 0 Å². The van der Waals surface area contributed by atoms with Crippen LogP contribution in [0, 0.1) is 5.92 Å². The van der Waals surface area contributed by atoms with Crippen LogP contribution in [0.1, 0.15) is 62.2 Å². The van der Waals surface area contributed by atoms with Gasteiger partial charge in [0.1, 0.15) is 5.60 Å². The minimum atomic E-state index is -1.16. The molecule has 2 heteroatoms. The molecule has 0 saturated heterocycles. The van der Waals surface area contributed by atoms with Crippen LogP contribution >= 0.6 is 0 Å². The van der Waals surface area contributed by atoms with Crippen LogP contribution < -0.4 is 0 Å². The molecule has 0 spiro atoms. The van der Waals surface area contributed by atoms with E-state index in [2.05, 4.69) is 0 Å². The summed E-state index contributed by atoms with van der Waals surface area (Å²) in [5, 5.41) is 11.0. The molecule has 19 heavy (non-hydrogen) atoms. The van der Waals surface area contributed by atoms with Crippen LogP contribution in [-0.2, 0) is 0 Å². The van der Waals surface area contributed by atoms with E-state index in [1.165, 1.54) is 6.42 Å². The maximum atomic E-state index is 12.7. The van der Waals surface area contributed by atoms with E-state index in [0.717, 1.165) is 32.1 Å². The number of hydrogen-bond acceptors (Lipinski definition) is 2. The Kier molecular flexibility index (Phi) is 4.76. The Balaban J connectivity index is 2.25. The van der Waals surface area contributed by atoms with Crippen molar-refractivity contribution in [1.29, 1.82) is 0 Å². The normalized spacial score (nSPS) is 19.9. The zero-order valence-corrected chi connectivity index (χ0v) is 11.8. The van der Waals surface area contributed by atoms with Crippen LogP contribution in [-0.4, -0.2) is 16.5 Å². The third-order valence-corrected chi connectivity index (χ3v) is 4.34. The zero-order valence-electron chi connectivity index (χ0n) is 11.8. The van der Waals surface area contributed by atoms with Crippen molar-refractivity contribution in [3.63, 3.8) is 0 Å². The molecule has 0 bridgehead atoms. The Bertz CT molecular complexity index is 407. The predicted molar refractivity (Wildman–Crippen MR) is 77.2 cm³/mol. The van der Waals surface area contributed by atoms with Gasteiger partial charge in [-0.3, -0.25) is 4.79 Å². The zero-order chi connectivity index (χ0) is 13.7. The molecule has 0 heterocycles. The highest BCUT2D eigenvalue weighted by atomic mass is 16.3. The van der Waals surface area contributed by atoms with Gasteiger partial charge in [-0.1, -0.05) is 62.9 Å². The van der Waals surface area contributed by atoms with E-state index in [0.29, 0.717) is 12.0 Å². The number of carbonyl (C=O) groups is 1. The molecule has 0 amide bonds. The Labute approximate surface area is 115 Å². The predicted octanol–water partition coefficient (Wildman–Crippen LogP) is 3.98. The molecule has 1 aliphatic carbocycles. The number of ketones is 1. The largest absolute Gasteiger partial charge is 0.381 e. The number of carbonyl (C=O) groups excluding carboxylic acids is 1. The second-order valence-electron chi connectivity index (χ2n) is 5.70. The molecule has 1 N–H and O–H groups in total. The van der Waals surface area contributed by atoms with Crippen molar-refractivity contribution in [2.75, 3.05) is 0 Å². The molecule has 1 aromatic rings. The third kappa shape index (κ3) is 3.06. The number of rotatable bonds is 5. The summed E-state index contributed by atoms with van der Waals surface area (Å²) in [7, 11) is 0. The average molecular weight is 260 g/mol. The van der Waals surface area contributed by atoms with Crippen LogP contribution in [0.25, 0.3) is 0 Å². The molecule has 0 radical (unpaired) electrons. The van der Waals surface area contributed by atoms with Gasteiger partial charge in [-0.15, -0.1) is 0 Å². The maximum absolute atomic E-state index is 12.7. The van der Waals surface area contributed by atoms with Crippen molar-refractivity contribution in [2.45, 2.75) is 57.5 Å². The molecule has 1 saturated carbocycles. The number of aliphatic hydroxyl groups is 1. The van der Waals surface area contributed by atoms with E-state index < -0.39 is 5.60 Å². The summed E-state index contributed by atoms with van der Waals surface area (Å²) < 4.78 is 0. The van der Waals surface area contributed by atoms with E-state index in [1.54, 1.807) is 0 Å². The average Bonchev–Trinajstić information content (AvgIpc) is 2.48. The van der Waals surface area contributed by atoms with Gasteiger partial charge < -0.3 is 5.11 Å². The highest BCUT2D eigenvalue weighted by Crippen LogP contribution is 2.37. The summed E-state index contributed by atoms with van der Waals surface area (Å²) in [6.07, 6.45) is 6.89. The van der Waals surface area contributed by atoms with Gasteiger partial charge in [-0.2, -0.15) is 0 Å². The van der Waals surface area contributed by atoms with E-state index in [9.17, 15) is 9.90 Å². The van der Waals surface area contributed by atoms with Gasteiger partial charge in [0.05, 0.1) is 0 Å². The number of hydrogen-bond donors (Lipinski definition) is 1. The molecular weight excluding hydrogens is 236 g/mol. The van der Waals surface area contributed by atoms with Crippen molar-refractivity contribution in [1.82, 2.24) is 0 Å². The smallest absolute Gasteiger partial charge is 0.194 e. The molecule has 2 rings (SSSR count). The second-order valence-corrected chi connectivity index (χ2v) is 5.70. The number of Topliss-reactive ketones (excluding diaryl/α,β-unsaturated/α-hetero) is 1.